The van der Waals surface area contributed by atoms with Crippen LogP contribution in [0.25, 0.3) is 6.08 Å². The van der Waals surface area contributed by atoms with E-state index in [2.05, 4.69) is 23.2 Å². The quantitative estimate of drug-likeness (QED) is 0.653. The lowest BCUT2D eigenvalue weighted by Gasteiger charge is -2.12. The third-order valence-corrected chi connectivity index (χ3v) is 2.92. The highest BCUT2D eigenvalue weighted by atomic mass is 14.9. The maximum atomic E-state index is 7.69. The molecule has 0 unspecified atom stereocenters. The van der Waals surface area contributed by atoms with Crippen LogP contribution >= 0.6 is 0 Å². The van der Waals surface area contributed by atoms with Gasteiger partial charge in [-0.2, -0.15) is 0 Å². The minimum absolute atomic E-state index is 0.292. The first-order chi connectivity index (χ1) is 7.25. The largest absolute Gasteiger partial charge is 0.383 e. The lowest BCUT2D eigenvalue weighted by atomic mass is 9.92. The third-order valence-electron chi connectivity index (χ3n) is 2.92. The van der Waals surface area contributed by atoms with E-state index in [9.17, 15) is 0 Å². The number of hydrogen-bond acceptors (Lipinski definition) is 2. The van der Waals surface area contributed by atoms with E-state index in [0.717, 1.165) is 24.0 Å². The lowest BCUT2D eigenvalue weighted by Crippen LogP contribution is -2.11. The fraction of sp³-hybridized carbons (Fsp3) is 0.167. The zero-order valence-electron chi connectivity index (χ0n) is 8.25. The van der Waals surface area contributed by atoms with Gasteiger partial charge in [0.1, 0.15) is 5.84 Å². The molecule has 0 spiro atoms. The van der Waals surface area contributed by atoms with Crippen LogP contribution in [0.5, 0.6) is 0 Å². The number of benzene rings is 1. The van der Waals surface area contributed by atoms with Crippen molar-refractivity contribution in [3.8, 4) is 0 Å². The Morgan fingerprint density at radius 1 is 1.27 bits per heavy atom. The van der Waals surface area contributed by atoms with Gasteiger partial charge in [-0.1, -0.05) is 12.2 Å². The lowest BCUT2D eigenvalue weighted by molar-refractivity contribution is 0.984. The monoisotopic (exact) mass is 197 g/mol. The van der Waals surface area contributed by atoms with Crippen LogP contribution in [-0.4, -0.2) is 11.7 Å². The Bertz CT molecular complexity index is 524. The second kappa shape index (κ2) is 2.79. The number of aryl methyl sites for hydroxylation is 1. The van der Waals surface area contributed by atoms with E-state index < -0.39 is 0 Å². The van der Waals surface area contributed by atoms with Gasteiger partial charge in [0.15, 0.2) is 5.84 Å². The van der Waals surface area contributed by atoms with E-state index in [4.69, 9.17) is 11.1 Å². The number of amidine groups is 2. The number of fused-ring (bicyclic) bond motifs is 2. The van der Waals surface area contributed by atoms with Gasteiger partial charge in [0, 0.05) is 11.1 Å². The van der Waals surface area contributed by atoms with Gasteiger partial charge < -0.3 is 5.73 Å². The summed E-state index contributed by atoms with van der Waals surface area (Å²) < 4.78 is 0. The Hall–Kier alpha value is -1.90. The van der Waals surface area contributed by atoms with E-state index in [-0.39, 0.29) is 0 Å². The minimum Gasteiger partial charge on any atom is -0.383 e. The molecule has 1 aromatic carbocycles. The number of rotatable bonds is 0. The van der Waals surface area contributed by atoms with Crippen molar-refractivity contribution in [1.82, 2.24) is 0 Å². The second-order valence-electron chi connectivity index (χ2n) is 3.88. The fourth-order valence-electron chi connectivity index (χ4n) is 2.13. The molecule has 0 amide bonds. The van der Waals surface area contributed by atoms with Gasteiger partial charge in [0.2, 0.25) is 0 Å². The number of aliphatic imine (C=N–C) groups is 1. The average Bonchev–Trinajstić information content (AvgIpc) is 2.52. The highest BCUT2D eigenvalue weighted by Crippen LogP contribution is 2.26. The Balaban J connectivity index is 2.26. The summed E-state index contributed by atoms with van der Waals surface area (Å²) in [6, 6.07) is 4.10. The first kappa shape index (κ1) is 8.41. The zero-order valence-corrected chi connectivity index (χ0v) is 8.25. The summed E-state index contributed by atoms with van der Waals surface area (Å²) in [7, 11) is 0. The normalized spacial score (nSPS) is 17.3. The molecule has 1 aromatic rings. The van der Waals surface area contributed by atoms with E-state index >= 15 is 0 Å². The Morgan fingerprint density at radius 2 is 2.13 bits per heavy atom. The summed E-state index contributed by atoms with van der Waals surface area (Å²) >= 11 is 0. The van der Waals surface area contributed by atoms with E-state index in [1.807, 2.05) is 6.07 Å². The molecule has 0 bridgehead atoms. The first-order valence-corrected chi connectivity index (χ1v) is 5.02. The summed E-state index contributed by atoms with van der Waals surface area (Å²) in [4.78, 5) is 3.98. The van der Waals surface area contributed by atoms with Crippen molar-refractivity contribution in [3.05, 3.63) is 40.5 Å². The van der Waals surface area contributed by atoms with Crippen molar-refractivity contribution >= 4 is 17.7 Å². The number of nitrogens with one attached hydrogen (secondary N) is 1. The van der Waals surface area contributed by atoms with Crippen molar-refractivity contribution in [1.29, 1.82) is 5.41 Å². The van der Waals surface area contributed by atoms with Crippen molar-refractivity contribution in [2.24, 2.45) is 10.7 Å². The van der Waals surface area contributed by atoms with Crippen LogP contribution < -0.4 is 5.73 Å². The molecule has 3 rings (SSSR count). The number of nitrogens with zero attached hydrogens (tertiary/aromatic N) is 1. The first-order valence-electron chi connectivity index (χ1n) is 5.02. The predicted molar refractivity (Wildman–Crippen MR) is 61.4 cm³/mol. The molecule has 0 saturated heterocycles. The molecule has 1 heterocycles. The summed E-state index contributed by atoms with van der Waals surface area (Å²) in [5, 5.41) is 7.69. The molecule has 1 aliphatic carbocycles. The molecule has 2 aliphatic rings. The molecule has 3 heteroatoms. The standard InChI is InChI=1S/C12H11N3/c13-11-9-5-7-3-1-2-4-8(7)6-10(9)12(14)15-11/h1,3,5-6H,2,4H2,(H3,13,14,15). The van der Waals surface area contributed by atoms with Crippen LogP contribution in [-0.2, 0) is 6.42 Å². The molecule has 0 radical (unpaired) electrons. The molecule has 0 atom stereocenters. The fourth-order valence-corrected chi connectivity index (χ4v) is 2.13. The second-order valence-corrected chi connectivity index (χ2v) is 3.88. The van der Waals surface area contributed by atoms with Gasteiger partial charge in [-0.25, -0.2) is 4.99 Å². The van der Waals surface area contributed by atoms with Crippen molar-refractivity contribution < 1.29 is 0 Å². The Kier molecular flexibility index (Phi) is 1.57. The topological polar surface area (TPSA) is 62.2 Å². The van der Waals surface area contributed by atoms with Gasteiger partial charge >= 0.3 is 0 Å². The third kappa shape index (κ3) is 1.13. The number of allylic oxidation sites excluding steroid dienone is 1. The zero-order chi connectivity index (χ0) is 10.4. The summed E-state index contributed by atoms with van der Waals surface area (Å²) in [5.41, 5.74) is 10.1. The molecular weight excluding hydrogens is 186 g/mol. The highest BCUT2D eigenvalue weighted by Gasteiger charge is 2.20. The van der Waals surface area contributed by atoms with Crippen molar-refractivity contribution in [2.45, 2.75) is 12.8 Å². The average molecular weight is 197 g/mol. The van der Waals surface area contributed by atoms with Crippen LogP contribution in [0.2, 0.25) is 0 Å². The molecule has 0 fully saturated rings. The molecule has 0 aromatic heterocycles. The number of nitrogens with two attached hydrogens (primary N) is 1. The van der Waals surface area contributed by atoms with E-state index in [1.54, 1.807) is 0 Å². The maximum Gasteiger partial charge on any atom is 0.154 e. The highest BCUT2D eigenvalue weighted by molar-refractivity contribution is 6.21. The van der Waals surface area contributed by atoms with Crippen LogP contribution in [0.4, 0.5) is 0 Å². The summed E-state index contributed by atoms with van der Waals surface area (Å²) in [6.45, 7) is 0. The molecule has 0 saturated carbocycles. The molecule has 3 N–H and O–H groups in total. The molecular formula is C12H11N3. The van der Waals surface area contributed by atoms with E-state index in [0.29, 0.717) is 11.7 Å². The van der Waals surface area contributed by atoms with Gasteiger partial charge in [-0.05, 0) is 36.1 Å². The van der Waals surface area contributed by atoms with Crippen molar-refractivity contribution in [3.63, 3.8) is 0 Å². The molecule has 1 aliphatic heterocycles. The van der Waals surface area contributed by atoms with Crippen LogP contribution in [0.3, 0.4) is 0 Å². The van der Waals surface area contributed by atoms with Gasteiger partial charge in [0.25, 0.3) is 0 Å². The molecule has 15 heavy (non-hydrogen) atoms. The van der Waals surface area contributed by atoms with Crippen LogP contribution in [0, 0.1) is 5.41 Å². The van der Waals surface area contributed by atoms with Gasteiger partial charge in [0.05, 0.1) is 0 Å². The van der Waals surface area contributed by atoms with Gasteiger partial charge in [-0.3, -0.25) is 5.41 Å². The SMILES string of the molecule is N=C1N=C(N)c2cc3c(cc21)CCC=C3. The Morgan fingerprint density at radius 3 is 3.00 bits per heavy atom. The smallest absolute Gasteiger partial charge is 0.154 e. The number of hydrogen-bond donors (Lipinski definition) is 2. The van der Waals surface area contributed by atoms with Crippen molar-refractivity contribution in [2.75, 3.05) is 0 Å². The van der Waals surface area contributed by atoms with E-state index in [1.165, 1.54) is 11.1 Å². The summed E-state index contributed by atoms with van der Waals surface area (Å²) in [6.07, 6.45) is 6.42. The summed E-state index contributed by atoms with van der Waals surface area (Å²) in [5.74, 6) is 0.761. The van der Waals surface area contributed by atoms with Gasteiger partial charge in [-0.15, -0.1) is 0 Å². The van der Waals surface area contributed by atoms with Crippen LogP contribution in [0.1, 0.15) is 28.7 Å². The Labute approximate surface area is 87.8 Å². The maximum absolute atomic E-state index is 7.69. The van der Waals surface area contributed by atoms with Crippen LogP contribution in [0.15, 0.2) is 23.2 Å². The minimum atomic E-state index is 0.292. The molecule has 74 valence electrons. The predicted octanol–water partition coefficient (Wildman–Crippen LogP) is 1.69. The molecule has 3 nitrogen and oxygen atoms in total.